The number of hydrogen-bond donors (Lipinski definition) is 0. The van der Waals surface area contributed by atoms with E-state index in [0.29, 0.717) is 17.5 Å². The Morgan fingerprint density at radius 3 is 1.92 bits per heavy atom. The van der Waals surface area contributed by atoms with Crippen LogP contribution in [0.2, 0.25) is 0 Å². The monoisotopic (exact) mass is 655 g/mol. The van der Waals surface area contributed by atoms with Gasteiger partial charge in [-0.25, -0.2) is 15.0 Å². The molecule has 0 aliphatic carbocycles. The number of fused-ring (bicyclic) bond motifs is 12. The van der Waals surface area contributed by atoms with Crippen LogP contribution >= 0.6 is 11.3 Å². The van der Waals surface area contributed by atoms with E-state index in [1.807, 2.05) is 59.9 Å². The van der Waals surface area contributed by atoms with Gasteiger partial charge in [0.25, 0.3) is 0 Å². The molecule has 0 aliphatic rings. The average Bonchev–Trinajstić information content (AvgIpc) is 3.76. The number of nitrogens with zero attached hydrogens (tertiary/aromatic N) is 3. The maximum absolute atomic E-state index is 6.27. The highest BCUT2D eigenvalue weighted by atomic mass is 32.1. The highest BCUT2D eigenvalue weighted by molar-refractivity contribution is 7.26. The normalized spacial score (nSPS) is 12.0. The molecule has 50 heavy (non-hydrogen) atoms. The van der Waals surface area contributed by atoms with Gasteiger partial charge in [-0.15, -0.1) is 11.3 Å². The molecular weight excluding hydrogens is 631 g/mol. The Labute approximate surface area is 289 Å². The van der Waals surface area contributed by atoms with E-state index in [2.05, 4.69) is 103 Å². The maximum Gasteiger partial charge on any atom is 0.164 e. The first-order valence-corrected chi connectivity index (χ1v) is 17.5. The van der Waals surface area contributed by atoms with Gasteiger partial charge in [0.1, 0.15) is 11.2 Å². The zero-order valence-corrected chi connectivity index (χ0v) is 27.4. The molecular formula is C45H25N3OS. The van der Waals surface area contributed by atoms with E-state index in [0.717, 1.165) is 49.4 Å². The SMILES string of the molecule is c1ccc(-c2nc(-c3cc4ccc5ccc6sc7ccccc7c6c5c4c4ccccc34)nc(-c3cccc4oc5ccccc5c34)n2)cc1. The van der Waals surface area contributed by atoms with Crippen molar-refractivity contribution in [3.63, 3.8) is 0 Å². The number of aromatic nitrogens is 3. The predicted octanol–water partition coefficient (Wildman–Crippen LogP) is 12.6. The van der Waals surface area contributed by atoms with Crippen LogP contribution in [-0.4, -0.2) is 15.0 Å². The van der Waals surface area contributed by atoms with Crippen molar-refractivity contribution in [1.29, 1.82) is 0 Å². The Morgan fingerprint density at radius 2 is 1.04 bits per heavy atom. The molecule has 0 fully saturated rings. The van der Waals surface area contributed by atoms with Gasteiger partial charge in [0.2, 0.25) is 0 Å². The second kappa shape index (κ2) is 10.5. The van der Waals surface area contributed by atoms with Crippen LogP contribution in [0.3, 0.4) is 0 Å². The lowest BCUT2D eigenvalue weighted by atomic mass is 9.91. The van der Waals surface area contributed by atoms with E-state index >= 15 is 0 Å². The molecule has 0 saturated heterocycles. The molecule has 3 heterocycles. The van der Waals surface area contributed by atoms with Gasteiger partial charge < -0.3 is 4.42 Å². The molecule has 0 spiro atoms. The minimum atomic E-state index is 0.611. The number of para-hydroxylation sites is 1. The summed E-state index contributed by atoms with van der Waals surface area (Å²) < 4.78 is 8.87. The molecule has 4 nitrogen and oxygen atoms in total. The number of hydrogen-bond acceptors (Lipinski definition) is 5. The molecule has 0 amide bonds. The molecule has 0 radical (unpaired) electrons. The number of rotatable bonds is 3. The molecule has 0 saturated carbocycles. The van der Waals surface area contributed by atoms with E-state index in [1.54, 1.807) is 0 Å². The highest BCUT2D eigenvalue weighted by Crippen LogP contribution is 2.45. The van der Waals surface area contributed by atoms with Crippen molar-refractivity contribution in [1.82, 2.24) is 15.0 Å². The van der Waals surface area contributed by atoms with Crippen LogP contribution in [0.4, 0.5) is 0 Å². The lowest BCUT2D eigenvalue weighted by molar-refractivity contribution is 0.669. The number of furan rings is 1. The molecule has 0 N–H and O–H groups in total. The molecule has 232 valence electrons. The lowest BCUT2D eigenvalue weighted by Gasteiger charge is -2.14. The molecule has 0 atom stereocenters. The predicted molar refractivity (Wildman–Crippen MR) is 209 cm³/mol. The van der Waals surface area contributed by atoms with E-state index in [4.69, 9.17) is 19.4 Å². The van der Waals surface area contributed by atoms with Gasteiger partial charge in [0.15, 0.2) is 17.5 Å². The zero-order valence-electron chi connectivity index (χ0n) is 26.6. The van der Waals surface area contributed by atoms with Gasteiger partial charge in [-0.3, -0.25) is 0 Å². The van der Waals surface area contributed by atoms with E-state index in [9.17, 15) is 0 Å². The zero-order chi connectivity index (χ0) is 32.8. The fraction of sp³-hybridized carbons (Fsp3) is 0. The lowest BCUT2D eigenvalue weighted by Crippen LogP contribution is -2.01. The Bertz CT molecular complexity index is 3160. The quantitative estimate of drug-likeness (QED) is 0.178. The summed E-state index contributed by atoms with van der Waals surface area (Å²) in [5, 5.41) is 11.9. The summed E-state index contributed by atoms with van der Waals surface area (Å²) in [4.78, 5) is 15.6. The van der Waals surface area contributed by atoms with E-state index in [1.165, 1.54) is 41.7 Å². The first kappa shape index (κ1) is 27.5. The maximum atomic E-state index is 6.27. The van der Waals surface area contributed by atoms with Crippen LogP contribution in [0.1, 0.15) is 0 Å². The molecule has 0 aliphatic heterocycles. The molecule has 5 heteroatoms. The summed E-state index contributed by atoms with van der Waals surface area (Å²) in [6.45, 7) is 0. The van der Waals surface area contributed by atoms with Crippen molar-refractivity contribution < 1.29 is 4.42 Å². The van der Waals surface area contributed by atoms with Crippen LogP contribution in [-0.2, 0) is 0 Å². The van der Waals surface area contributed by atoms with Crippen LogP contribution in [0, 0.1) is 0 Å². The topological polar surface area (TPSA) is 51.8 Å². The summed E-state index contributed by atoms with van der Waals surface area (Å²) in [6, 6.07) is 53.1. The first-order chi connectivity index (χ1) is 24.8. The van der Waals surface area contributed by atoms with Crippen molar-refractivity contribution in [3.8, 4) is 34.2 Å². The molecule has 11 aromatic rings. The summed E-state index contributed by atoms with van der Waals surface area (Å²) in [5.41, 5.74) is 4.47. The largest absolute Gasteiger partial charge is 0.456 e. The number of benzene rings is 8. The van der Waals surface area contributed by atoms with Gasteiger partial charge in [-0.05, 0) is 62.6 Å². The molecule has 3 aromatic heterocycles. The van der Waals surface area contributed by atoms with Crippen LogP contribution < -0.4 is 0 Å². The van der Waals surface area contributed by atoms with Crippen molar-refractivity contribution in [2.75, 3.05) is 0 Å². The second-order valence-corrected chi connectivity index (χ2v) is 13.8. The molecule has 8 aromatic carbocycles. The highest BCUT2D eigenvalue weighted by Gasteiger charge is 2.20. The van der Waals surface area contributed by atoms with Crippen molar-refractivity contribution in [3.05, 3.63) is 152 Å². The minimum absolute atomic E-state index is 0.611. The van der Waals surface area contributed by atoms with Gasteiger partial charge >= 0.3 is 0 Å². The Kier molecular flexibility index (Phi) is 5.80. The van der Waals surface area contributed by atoms with Crippen LogP contribution in [0.15, 0.2) is 156 Å². The smallest absolute Gasteiger partial charge is 0.164 e. The Balaban J connectivity index is 1.24. The van der Waals surface area contributed by atoms with Gasteiger partial charge in [0.05, 0.1) is 0 Å². The third-order valence-electron chi connectivity index (χ3n) is 9.89. The third-order valence-corrected chi connectivity index (χ3v) is 11.0. The minimum Gasteiger partial charge on any atom is -0.456 e. The molecule has 0 bridgehead atoms. The summed E-state index contributed by atoms with van der Waals surface area (Å²) in [7, 11) is 0. The first-order valence-electron chi connectivity index (χ1n) is 16.7. The van der Waals surface area contributed by atoms with E-state index < -0.39 is 0 Å². The van der Waals surface area contributed by atoms with Crippen molar-refractivity contribution >= 4 is 85.8 Å². The fourth-order valence-electron chi connectivity index (χ4n) is 7.71. The Hall–Kier alpha value is -6.43. The summed E-state index contributed by atoms with van der Waals surface area (Å²) in [5.74, 6) is 1.88. The summed E-state index contributed by atoms with van der Waals surface area (Å²) in [6.07, 6.45) is 0. The van der Waals surface area contributed by atoms with Gasteiger partial charge in [-0.1, -0.05) is 121 Å². The van der Waals surface area contributed by atoms with Gasteiger partial charge in [0, 0.05) is 47.6 Å². The fourth-order valence-corrected chi connectivity index (χ4v) is 8.82. The number of thiophene rings is 1. The Morgan fingerprint density at radius 1 is 0.380 bits per heavy atom. The van der Waals surface area contributed by atoms with Crippen LogP contribution in [0.25, 0.3) is 109 Å². The second-order valence-electron chi connectivity index (χ2n) is 12.7. The molecule has 0 unspecified atom stereocenters. The van der Waals surface area contributed by atoms with Gasteiger partial charge in [-0.2, -0.15) is 0 Å². The molecule has 11 rings (SSSR count). The van der Waals surface area contributed by atoms with E-state index in [-0.39, 0.29) is 0 Å². The third kappa shape index (κ3) is 4.01. The average molecular weight is 656 g/mol. The standard InChI is InChI=1S/C45H25N3OS/c1-2-11-27(12-3-1)43-46-44(33-17-10-19-36-41(33)31-15-6-8-18-35(31)49-36)48-45(47-43)34-25-28-22-21-26-23-24-38-42(32-16-7-9-20-37(32)50-38)40(26)39(28)30-14-5-4-13-29(30)34/h1-25H. The van der Waals surface area contributed by atoms with Crippen molar-refractivity contribution in [2.45, 2.75) is 0 Å². The van der Waals surface area contributed by atoms with Crippen molar-refractivity contribution in [2.24, 2.45) is 0 Å². The summed E-state index contributed by atoms with van der Waals surface area (Å²) >= 11 is 1.86. The van der Waals surface area contributed by atoms with Crippen LogP contribution in [0.5, 0.6) is 0 Å².